The molecule has 2 N–H and O–H groups in total. The van der Waals surface area contributed by atoms with Crippen LogP contribution >= 0.6 is 0 Å². The average Bonchev–Trinajstić information content (AvgIpc) is 3.08. The molecule has 13 heteroatoms. The average molecular weight is 795 g/mol. The molecule has 4 aromatic carbocycles. The first-order valence-electron chi connectivity index (χ1n) is 17.9. The molecule has 0 saturated carbocycles. The summed E-state index contributed by atoms with van der Waals surface area (Å²) in [7, 11) is -8.94. The fourth-order valence-electron chi connectivity index (χ4n) is 5.63. The Morgan fingerprint density at radius 2 is 1.00 bits per heavy atom. The van der Waals surface area contributed by atoms with Crippen LogP contribution in [0.1, 0.15) is 102 Å². The molecular weight excluding hydrogens is 745 g/mol. The molecule has 0 aliphatic carbocycles. The molecule has 4 aromatic rings. The third-order valence-corrected chi connectivity index (χ3v) is 10.2. The van der Waals surface area contributed by atoms with Crippen LogP contribution in [0, 0.1) is 0 Å². The summed E-state index contributed by atoms with van der Waals surface area (Å²) in [4.78, 5) is -0.370. The van der Waals surface area contributed by atoms with Gasteiger partial charge in [-0.1, -0.05) is 108 Å². The fourth-order valence-corrected chi connectivity index (χ4v) is 7.15. The smallest absolute Gasteiger partial charge is 0.872 e. The Kier molecular flexibility index (Phi) is 20.8. The second-order valence-corrected chi connectivity index (χ2v) is 15.4. The van der Waals surface area contributed by atoms with Gasteiger partial charge in [0.1, 0.15) is 43.8 Å². The minimum Gasteiger partial charge on any atom is -0.872 e. The molecule has 0 unspecified atom stereocenters. The number of rotatable bonds is 20. The van der Waals surface area contributed by atoms with Crippen molar-refractivity contribution in [3.63, 3.8) is 0 Å². The third-order valence-electron chi connectivity index (χ3n) is 8.32. The van der Waals surface area contributed by atoms with Crippen LogP contribution in [0.2, 0.25) is 0 Å². The van der Waals surface area contributed by atoms with Crippen molar-refractivity contribution in [2.75, 3.05) is 0 Å². The molecule has 4 rings (SSSR count). The van der Waals surface area contributed by atoms with Gasteiger partial charge >= 0.3 is 37.7 Å². The standard InChI is InChI=1S/2C20H26O5S.Ca/c2*1-2-3-4-5-6-7-9-16-12-13-19(15-20(16)26(22,23)24)25-18-11-8-10-17(21)14-18;/h2*8,10-15,21H,2-7,9H2,1H3,(H,22,23,24);/q;;+2/p-2. The normalized spacial score (nSPS) is 11.2. The van der Waals surface area contributed by atoms with Gasteiger partial charge in [0.15, 0.2) is 0 Å². The van der Waals surface area contributed by atoms with Gasteiger partial charge in [-0.15, -0.1) is 5.75 Å². The molecule has 0 heterocycles. The molecule has 0 fully saturated rings. The van der Waals surface area contributed by atoms with Crippen LogP contribution in [0.4, 0.5) is 0 Å². The molecule has 10 nitrogen and oxygen atoms in total. The molecule has 0 bridgehead atoms. The zero-order chi connectivity index (χ0) is 38.0. The van der Waals surface area contributed by atoms with E-state index in [2.05, 4.69) is 13.8 Å². The van der Waals surface area contributed by atoms with E-state index in [4.69, 9.17) is 9.47 Å². The van der Waals surface area contributed by atoms with E-state index in [9.17, 15) is 36.2 Å². The Hall–Kier alpha value is -2.84. The van der Waals surface area contributed by atoms with Crippen LogP contribution in [0.15, 0.2) is 94.7 Å². The van der Waals surface area contributed by atoms with Gasteiger partial charge in [-0.3, -0.25) is 4.55 Å². The van der Waals surface area contributed by atoms with Gasteiger partial charge in [0.25, 0.3) is 10.1 Å². The van der Waals surface area contributed by atoms with Crippen molar-refractivity contribution in [2.45, 2.75) is 114 Å². The molecule has 0 amide bonds. The van der Waals surface area contributed by atoms with E-state index in [-0.39, 0.29) is 70.5 Å². The Labute approximate surface area is 345 Å². The minimum atomic E-state index is -4.60. The topological polar surface area (TPSA) is 173 Å². The molecule has 0 spiro atoms. The quantitative estimate of drug-likeness (QED) is 0.0499. The van der Waals surface area contributed by atoms with Gasteiger partial charge < -0.3 is 24.2 Å². The van der Waals surface area contributed by atoms with Crippen LogP contribution in [0.5, 0.6) is 34.5 Å². The zero-order valence-electron chi connectivity index (χ0n) is 30.7. The Bertz CT molecular complexity index is 1780. The fraction of sp³-hybridized carbons (Fsp3) is 0.400. The second-order valence-electron chi connectivity index (χ2n) is 12.7. The summed E-state index contributed by atoms with van der Waals surface area (Å²) in [5.74, 6) is 1.04. The Morgan fingerprint density at radius 3 is 1.47 bits per heavy atom. The molecule has 53 heavy (non-hydrogen) atoms. The summed E-state index contributed by atoms with van der Waals surface area (Å²) >= 11 is 0. The van der Waals surface area contributed by atoms with Gasteiger partial charge in [-0.25, -0.2) is 8.42 Å². The van der Waals surface area contributed by atoms with Crippen molar-refractivity contribution in [3.8, 4) is 34.5 Å². The zero-order valence-corrected chi connectivity index (χ0v) is 34.5. The first kappa shape index (κ1) is 46.3. The number of aryl methyl sites for hydroxylation is 2. The largest absolute Gasteiger partial charge is 2.00 e. The van der Waals surface area contributed by atoms with Crippen molar-refractivity contribution in [1.29, 1.82) is 0 Å². The predicted molar refractivity (Wildman–Crippen MR) is 205 cm³/mol. The van der Waals surface area contributed by atoms with Crippen molar-refractivity contribution in [1.82, 2.24) is 0 Å². The summed E-state index contributed by atoms with van der Waals surface area (Å²) in [5, 5.41) is 20.8. The van der Waals surface area contributed by atoms with Gasteiger partial charge in [0.05, 0.1) is 4.90 Å². The molecule has 284 valence electrons. The molecule has 0 atom stereocenters. The number of phenolic OH excluding ortho intramolecular Hbond substituents is 1. The number of ether oxygens (including phenoxy) is 2. The van der Waals surface area contributed by atoms with E-state index >= 15 is 0 Å². The number of benzene rings is 4. The monoisotopic (exact) mass is 794 g/mol. The predicted octanol–water partition coefficient (Wildman–Crippen LogP) is 9.31. The van der Waals surface area contributed by atoms with Gasteiger partial charge in [-0.05, 0) is 79.3 Å². The van der Waals surface area contributed by atoms with E-state index < -0.39 is 20.2 Å². The van der Waals surface area contributed by atoms with Crippen molar-refractivity contribution >= 4 is 58.0 Å². The van der Waals surface area contributed by atoms with Crippen molar-refractivity contribution in [2.24, 2.45) is 0 Å². The summed E-state index contributed by atoms with van der Waals surface area (Å²) in [6, 6.07) is 21.2. The summed E-state index contributed by atoms with van der Waals surface area (Å²) in [6.07, 6.45) is 14.3. The van der Waals surface area contributed by atoms with Gasteiger partial charge in [0, 0.05) is 12.1 Å². The Morgan fingerprint density at radius 1 is 0.566 bits per heavy atom. The maximum absolute atomic E-state index is 11.7. The number of phenols is 1. The van der Waals surface area contributed by atoms with E-state index in [0.29, 0.717) is 35.5 Å². The Balaban J connectivity index is 0.000000360. The maximum atomic E-state index is 11.7. The number of unbranched alkanes of at least 4 members (excludes halogenated alkanes) is 10. The van der Waals surface area contributed by atoms with Crippen molar-refractivity contribution < 1.29 is 45.6 Å². The molecule has 0 aromatic heterocycles. The van der Waals surface area contributed by atoms with Gasteiger partial charge in [0.2, 0.25) is 0 Å². The van der Waals surface area contributed by atoms with Crippen molar-refractivity contribution in [3.05, 3.63) is 96.1 Å². The number of hydrogen-bond donors (Lipinski definition) is 2. The number of hydrogen-bond acceptors (Lipinski definition) is 9. The summed E-state index contributed by atoms with van der Waals surface area (Å²) in [5.41, 5.74) is 1.10. The van der Waals surface area contributed by atoms with E-state index in [1.165, 1.54) is 74.9 Å². The molecule has 0 saturated heterocycles. The SMILES string of the molecule is CCCCCCCCc1ccc(Oc2cccc(O)c2)cc1S(=O)(=O)O.CCCCCCCCc1ccc(Oc2cccc([O-])c2)cc1S(=O)(=O)[O-].[Ca+2]. The van der Waals surface area contributed by atoms with Crippen LogP contribution in [0.25, 0.3) is 0 Å². The molecule has 0 aliphatic rings. The third kappa shape index (κ3) is 17.4. The molecule has 0 aliphatic heterocycles. The van der Waals surface area contributed by atoms with Crippen LogP contribution < -0.4 is 14.6 Å². The van der Waals surface area contributed by atoms with Crippen LogP contribution in [0.3, 0.4) is 0 Å². The molecular formula is C40H50CaO10S2. The van der Waals surface area contributed by atoms with E-state index in [1.807, 2.05) is 0 Å². The van der Waals surface area contributed by atoms with E-state index in [0.717, 1.165) is 38.5 Å². The summed E-state index contributed by atoms with van der Waals surface area (Å²) in [6.45, 7) is 4.32. The second kappa shape index (κ2) is 23.8. The maximum Gasteiger partial charge on any atom is 2.00 e. The van der Waals surface area contributed by atoms with E-state index in [1.54, 1.807) is 48.5 Å². The van der Waals surface area contributed by atoms with Crippen LogP contribution in [-0.2, 0) is 33.1 Å². The first-order valence-corrected chi connectivity index (χ1v) is 20.8. The van der Waals surface area contributed by atoms with Gasteiger partial charge in [-0.2, -0.15) is 8.42 Å². The minimum absolute atomic E-state index is 0. The first-order chi connectivity index (χ1) is 24.8. The van der Waals surface area contributed by atoms with Crippen LogP contribution in [-0.4, -0.2) is 68.8 Å². The summed E-state index contributed by atoms with van der Waals surface area (Å²) < 4.78 is 79.0. The number of aromatic hydroxyl groups is 1. The molecule has 0 radical (unpaired) electrons.